The van der Waals surface area contributed by atoms with E-state index in [1.807, 2.05) is 12.1 Å². The van der Waals surface area contributed by atoms with Crippen LogP contribution in [0.2, 0.25) is 5.02 Å². The summed E-state index contributed by atoms with van der Waals surface area (Å²) in [6.45, 7) is 0.679. The number of rotatable bonds is 4. The van der Waals surface area contributed by atoms with Crippen LogP contribution < -0.4 is 10.5 Å². The molecule has 0 radical (unpaired) electrons. The average molecular weight is 279 g/mol. The van der Waals surface area contributed by atoms with E-state index in [-0.39, 0.29) is 0 Å². The van der Waals surface area contributed by atoms with Crippen molar-refractivity contribution in [1.29, 1.82) is 0 Å². The fourth-order valence-corrected chi connectivity index (χ4v) is 2.26. The minimum atomic E-state index is 0.672. The lowest BCUT2D eigenvalue weighted by molar-refractivity contribution is 0.409. The lowest BCUT2D eigenvalue weighted by Crippen LogP contribution is -2.02. The van der Waals surface area contributed by atoms with E-state index in [0.717, 1.165) is 28.6 Å². The zero-order chi connectivity index (χ0) is 10.6. The van der Waals surface area contributed by atoms with Crippen molar-refractivity contribution in [1.82, 2.24) is 0 Å². The topological polar surface area (TPSA) is 35.2 Å². The van der Waals surface area contributed by atoms with Crippen LogP contribution in [0, 0.1) is 0 Å². The summed E-state index contributed by atoms with van der Waals surface area (Å²) in [5.41, 5.74) is 6.59. The number of hydrogen-bond donors (Lipinski definition) is 1. The third-order valence-electron chi connectivity index (χ3n) is 1.97. The van der Waals surface area contributed by atoms with Crippen LogP contribution in [0.3, 0.4) is 0 Å². The second-order valence-corrected chi connectivity index (χ2v) is 4.25. The highest BCUT2D eigenvalue weighted by Gasteiger charge is 2.08. The Bertz CT molecular complexity index is 317. The number of hydrogen-bond acceptors (Lipinski definition) is 2. The third-order valence-corrected chi connectivity index (χ3v) is 2.90. The van der Waals surface area contributed by atoms with Crippen LogP contribution in [-0.2, 0) is 6.42 Å². The van der Waals surface area contributed by atoms with Crippen molar-refractivity contribution in [2.75, 3.05) is 13.7 Å². The normalized spacial score (nSPS) is 10.3. The Balaban J connectivity index is 2.99. The summed E-state index contributed by atoms with van der Waals surface area (Å²) in [7, 11) is 1.64. The van der Waals surface area contributed by atoms with E-state index in [9.17, 15) is 0 Å². The van der Waals surface area contributed by atoms with Crippen LogP contribution in [-0.4, -0.2) is 13.7 Å². The molecule has 0 heterocycles. The van der Waals surface area contributed by atoms with Crippen molar-refractivity contribution >= 4 is 27.5 Å². The van der Waals surface area contributed by atoms with E-state index in [1.54, 1.807) is 7.11 Å². The lowest BCUT2D eigenvalue weighted by Gasteiger charge is -2.10. The smallest absolute Gasteiger partial charge is 0.124 e. The molecule has 4 heteroatoms. The summed E-state index contributed by atoms with van der Waals surface area (Å²) < 4.78 is 6.23. The zero-order valence-electron chi connectivity index (χ0n) is 8.02. The molecule has 2 nitrogen and oxygen atoms in total. The Morgan fingerprint density at radius 3 is 2.79 bits per heavy atom. The van der Waals surface area contributed by atoms with Gasteiger partial charge in [-0.15, -0.1) is 0 Å². The lowest BCUT2D eigenvalue weighted by atomic mass is 10.1. The molecule has 0 bridgehead atoms. The number of benzene rings is 1. The SMILES string of the molecule is COc1cc(Cl)cc(Br)c1CCCN. The first-order valence-electron chi connectivity index (χ1n) is 4.41. The highest BCUT2D eigenvalue weighted by molar-refractivity contribution is 9.10. The fourth-order valence-electron chi connectivity index (χ4n) is 1.28. The largest absolute Gasteiger partial charge is 0.496 e. The van der Waals surface area contributed by atoms with Gasteiger partial charge in [0.25, 0.3) is 0 Å². The molecule has 0 aliphatic heterocycles. The molecule has 0 fully saturated rings. The van der Waals surface area contributed by atoms with Crippen molar-refractivity contribution in [3.8, 4) is 5.75 Å². The van der Waals surface area contributed by atoms with Gasteiger partial charge in [0.15, 0.2) is 0 Å². The van der Waals surface area contributed by atoms with Crippen LogP contribution in [0.1, 0.15) is 12.0 Å². The van der Waals surface area contributed by atoms with Crippen molar-refractivity contribution in [3.05, 3.63) is 27.2 Å². The Kier molecular flexibility index (Phi) is 4.72. The molecule has 78 valence electrons. The van der Waals surface area contributed by atoms with Gasteiger partial charge in [-0.25, -0.2) is 0 Å². The summed E-state index contributed by atoms with van der Waals surface area (Å²) in [4.78, 5) is 0. The molecule has 14 heavy (non-hydrogen) atoms. The molecule has 2 N–H and O–H groups in total. The Hall–Kier alpha value is -0.250. The van der Waals surface area contributed by atoms with Gasteiger partial charge in [-0.1, -0.05) is 27.5 Å². The molecule has 0 spiro atoms. The maximum Gasteiger partial charge on any atom is 0.124 e. The van der Waals surface area contributed by atoms with Gasteiger partial charge in [-0.05, 0) is 31.5 Å². The highest BCUT2D eigenvalue weighted by atomic mass is 79.9. The maximum absolute atomic E-state index is 5.90. The minimum absolute atomic E-state index is 0.672. The minimum Gasteiger partial charge on any atom is -0.496 e. The highest BCUT2D eigenvalue weighted by Crippen LogP contribution is 2.31. The van der Waals surface area contributed by atoms with Crippen LogP contribution in [0.5, 0.6) is 5.75 Å². The molecule has 0 amide bonds. The van der Waals surface area contributed by atoms with E-state index in [4.69, 9.17) is 22.1 Å². The van der Waals surface area contributed by atoms with Gasteiger partial charge < -0.3 is 10.5 Å². The number of methoxy groups -OCH3 is 1. The summed E-state index contributed by atoms with van der Waals surface area (Å²) >= 11 is 9.36. The quantitative estimate of drug-likeness (QED) is 0.919. The summed E-state index contributed by atoms with van der Waals surface area (Å²) in [6.07, 6.45) is 1.84. The van der Waals surface area contributed by atoms with Gasteiger partial charge in [0.2, 0.25) is 0 Å². The van der Waals surface area contributed by atoms with Crippen molar-refractivity contribution in [2.24, 2.45) is 5.73 Å². The molecule has 0 saturated carbocycles. The van der Waals surface area contributed by atoms with E-state index < -0.39 is 0 Å². The average Bonchev–Trinajstić information content (AvgIpc) is 2.15. The van der Waals surface area contributed by atoms with Crippen molar-refractivity contribution < 1.29 is 4.74 Å². The molecule has 0 aliphatic carbocycles. The van der Waals surface area contributed by atoms with E-state index in [1.165, 1.54) is 0 Å². The standard InChI is InChI=1S/C10H13BrClNO/c1-14-10-6-7(12)5-9(11)8(10)3-2-4-13/h5-6H,2-4,13H2,1H3. The van der Waals surface area contributed by atoms with Gasteiger partial charge in [-0.2, -0.15) is 0 Å². The monoisotopic (exact) mass is 277 g/mol. The van der Waals surface area contributed by atoms with Gasteiger partial charge in [0.1, 0.15) is 5.75 Å². The predicted molar refractivity (Wildman–Crippen MR) is 63.1 cm³/mol. The summed E-state index contributed by atoms with van der Waals surface area (Å²) in [5, 5.41) is 0.672. The van der Waals surface area contributed by atoms with Crippen molar-refractivity contribution in [3.63, 3.8) is 0 Å². The second-order valence-electron chi connectivity index (χ2n) is 2.96. The molecule has 1 aromatic carbocycles. The third kappa shape index (κ3) is 2.87. The van der Waals surface area contributed by atoms with Gasteiger partial charge >= 0.3 is 0 Å². The van der Waals surface area contributed by atoms with Crippen LogP contribution in [0.25, 0.3) is 0 Å². The summed E-state index contributed by atoms with van der Waals surface area (Å²) in [5.74, 6) is 0.817. The molecule has 0 unspecified atom stereocenters. The molecule has 0 aliphatic rings. The van der Waals surface area contributed by atoms with E-state index >= 15 is 0 Å². The molecule has 0 atom stereocenters. The van der Waals surface area contributed by atoms with Gasteiger partial charge in [0.05, 0.1) is 7.11 Å². The number of ether oxygens (including phenoxy) is 1. The van der Waals surface area contributed by atoms with E-state index in [2.05, 4.69) is 15.9 Å². The number of nitrogens with two attached hydrogens (primary N) is 1. The second kappa shape index (κ2) is 5.59. The molecule has 1 aromatic rings. The first-order valence-corrected chi connectivity index (χ1v) is 5.58. The predicted octanol–water partition coefficient (Wildman–Crippen LogP) is 3.00. The molecule has 0 saturated heterocycles. The van der Waals surface area contributed by atoms with Gasteiger partial charge in [0, 0.05) is 15.1 Å². The fraction of sp³-hybridized carbons (Fsp3) is 0.400. The Morgan fingerprint density at radius 1 is 1.50 bits per heavy atom. The first-order chi connectivity index (χ1) is 6.69. The Morgan fingerprint density at radius 2 is 2.21 bits per heavy atom. The van der Waals surface area contributed by atoms with Crippen LogP contribution in [0.15, 0.2) is 16.6 Å². The molecule has 1 rings (SSSR count). The molecular formula is C10H13BrClNO. The maximum atomic E-state index is 5.90. The Labute approximate surface area is 97.5 Å². The molecule has 0 aromatic heterocycles. The van der Waals surface area contributed by atoms with Gasteiger partial charge in [-0.3, -0.25) is 0 Å². The zero-order valence-corrected chi connectivity index (χ0v) is 10.4. The molecular weight excluding hydrogens is 265 g/mol. The van der Waals surface area contributed by atoms with Crippen LogP contribution >= 0.6 is 27.5 Å². The number of halogens is 2. The van der Waals surface area contributed by atoms with E-state index in [0.29, 0.717) is 11.6 Å². The van der Waals surface area contributed by atoms with Crippen molar-refractivity contribution in [2.45, 2.75) is 12.8 Å². The first kappa shape index (κ1) is 11.8. The summed E-state index contributed by atoms with van der Waals surface area (Å²) in [6, 6.07) is 3.69. The van der Waals surface area contributed by atoms with Crippen LogP contribution in [0.4, 0.5) is 0 Å².